The van der Waals surface area contributed by atoms with Gasteiger partial charge in [0.1, 0.15) is 0 Å². The topological polar surface area (TPSA) is 105 Å². The van der Waals surface area contributed by atoms with E-state index in [4.69, 9.17) is 16.1 Å². The van der Waals surface area contributed by atoms with E-state index in [1.54, 1.807) is 24.3 Å². The summed E-state index contributed by atoms with van der Waals surface area (Å²) in [6, 6.07) is 7.04. The highest BCUT2D eigenvalue weighted by Gasteiger charge is 2.47. The third-order valence-electron chi connectivity index (χ3n) is 5.73. The first-order valence-electron chi connectivity index (χ1n) is 10.2. The molecule has 0 spiro atoms. The molecule has 8 nitrogen and oxygen atoms in total. The molecule has 4 rings (SSSR count). The van der Waals surface area contributed by atoms with Crippen LogP contribution in [0.15, 0.2) is 28.8 Å². The van der Waals surface area contributed by atoms with Crippen molar-refractivity contribution in [1.82, 2.24) is 20.4 Å². The predicted octanol–water partition coefficient (Wildman–Crippen LogP) is 2.96. The molecule has 1 aromatic heterocycles. The maximum atomic E-state index is 12.4. The summed E-state index contributed by atoms with van der Waals surface area (Å²) in [5.41, 5.74) is 0.765. The quantitative estimate of drug-likeness (QED) is 0.677. The van der Waals surface area contributed by atoms with Crippen LogP contribution < -0.4 is 5.32 Å². The number of imide groups is 1. The van der Waals surface area contributed by atoms with Crippen molar-refractivity contribution in [1.29, 1.82) is 0 Å². The Balaban J connectivity index is 1.22. The first-order valence-corrected chi connectivity index (χ1v) is 10.6. The molecule has 9 heteroatoms. The number of carbonyl (C=O) groups is 3. The van der Waals surface area contributed by atoms with Crippen LogP contribution in [0, 0.1) is 11.8 Å². The molecule has 1 saturated heterocycles. The fourth-order valence-electron chi connectivity index (χ4n) is 4.15. The van der Waals surface area contributed by atoms with Gasteiger partial charge < -0.3 is 9.84 Å². The number of likely N-dealkylation sites (tertiary alicyclic amines) is 1. The zero-order valence-corrected chi connectivity index (χ0v) is 17.2. The number of carbonyl (C=O) groups excluding carboxylic acids is 3. The Bertz CT molecular complexity index is 919. The molecule has 2 aromatic rings. The maximum Gasteiger partial charge on any atom is 0.246 e. The average molecular weight is 431 g/mol. The van der Waals surface area contributed by atoms with Crippen LogP contribution in [0.25, 0.3) is 11.4 Å². The van der Waals surface area contributed by atoms with Gasteiger partial charge in [-0.1, -0.05) is 29.6 Å². The van der Waals surface area contributed by atoms with Crippen LogP contribution in [0.4, 0.5) is 0 Å². The molecule has 0 bridgehead atoms. The highest BCUT2D eigenvalue weighted by molar-refractivity contribution is 6.30. The molecule has 2 fully saturated rings. The fourth-order valence-corrected chi connectivity index (χ4v) is 4.28. The summed E-state index contributed by atoms with van der Waals surface area (Å²) in [5, 5.41) is 7.24. The monoisotopic (exact) mass is 430 g/mol. The number of halogens is 1. The van der Waals surface area contributed by atoms with Crippen molar-refractivity contribution in [3.05, 3.63) is 35.2 Å². The van der Waals surface area contributed by atoms with Crippen molar-refractivity contribution in [2.45, 2.75) is 45.1 Å². The van der Waals surface area contributed by atoms with Crippen molar-refractivity contribution in [3.63, 3.8) is 0 Å². The Hall–Kier alpha value is -2.74. The molecule has 1 aliphatic carbocycles. The lowest BCUT2D eigenvalue weighted by Gasteiger charge is -2.19. The Labute approximate surface area is 179 Å². The maximum absolute atomic E-state index is 12.4. The summed E-state index contributed by atoms with van der Waals surface area (Å²) in [6.45, 7) is 0.407. The number of rotatable bonds is 7. The molecular formula is C21H23ClN4O4. The van der Waals surface area contributed by atoms with Gasteiger partial charge in [0.15, 0.2) is 0 Å². The van der Waals surface area contributed by atoms with Crippen molar-refractivity contribution >= 4 is 29.3 Å². The van der Waals surface area contributed by atoms with E-state index in [2.05, 4.69) is 15.5 Å². The first kappa shape index (κ1) is 20.5. The van der Waals surface area contributed by atoms with Gasteiger partial charge in [-0.25, -0.2) is 0 Å². The van der Waals surface area contributed by atoms with E-state index >= 15 is 0 Å². The second-order valence-corrected chi connectivity index (χ2v) is 8.16. The number of nitrogens with zero attached hydrogens (tertiary/aromatic N) is 3. The van der Waals surface area contributed by atoms with E-state index in [1.807, 2.05) is 0 Å². The van der Waals surface area contributed by atoms with E-state index in [0.717, 1.165) is 31.2 Å². The number of hydrogen-bond acceptors (Lipinski definition) is 6. The number of aromatic nitrogens is 2. The molecule has 1 saturated carbocycles. The molecular weight excluding hydrogens is 408 g/mol. The van der Waals surface area contributed by atoms with Crippen LogP contribution in [-0.4, -0.2) is 39.3 Å². The van der Waals surface area contributed by atoms with Crippen molar-refractivity contribution in [2.75, 3.05) is 6.54 Å². The van der Waals surface area contributed by atoms with Gasteiger partial charge in [-0.2, -0.15) is 4.98 Å². The number of fused-ring (bicyclic) bond motifs is 1. The molecule has 2 heterocycles. The molecule has 0 unspecified atom stereocenters. The molecule has 0 radical (unpaired) electrons. The molecule has 1 aliphatic heterocycles. The molecule has 30 heavy (non-hydrogen) atoms. The van der Waals surface area contributed by atoms with Crippen LogP contribution >= 0.6 is 11.6 Å². The number of hydrogen-bond donors (Lipinski definition) is 1. The van der Waals surface area contributed by atoms with Gasteiger partial charge in [0, 0.05) is 23.6 Å². The van der Waals surface area contributed by atoms with E-state index in [-0.39, 0.29) is 42.5 Å². The van der Waals surface area contributed by atoms with Crippen LogP contribution in [-0.2, 0) is 20.9 Å². The number of amides is 3. The van der Waals surface area contributed by atoms with Gasteiger partial charge in [0.25, 0.3) is 0 Å². The summed E-state index contributed by atoms with van der Waals surface area (Å²) >= 11 is 5.87. The predicted molar refractivity (Wildman–Crippen MR) is 108 cm³/mol. The molecule has 3 amide bonds. The number of nitrogens with one attached hydrogen (secondary N) is 1. The van der Waals surface area contributed by atoms with E-state index in [0.29, 0.717) is 29.7 Å². The highest BCUT2D eigenvalue weighted by atomic mass is 35.5. The summed E-state index contributed by atoms with van der Waals surface area (Å²) in [7, 11) is 0. The lowest BCUT2D eigenvalue weighted by atomic mass is 9.81. The van der Waals surface area contributed by atoms with Crippen molar-refractivity contribution in [2.24, 2.45) is 11.8 Å². The summed E-state index contributed by atoms with van der Waals surface area (Å²) in [4.78, 5) is 42.6. The third kappa shape index (κ3) is 4.38. The minimum atomic E-state index is -0.197. The van der Waals surface area contributed by atoms with Gasteiger partial charge in [-0.15, -0.1) is 0 Å². The zero-order valence-electron chi connectivity index (χ0n) is 16.5. The third-order valence-corrected chi connectivity index (χ3v) is 5.98. The second kappa shape index (κ2) is 8.95. The summed E-state index contributed by atoms with van der Waals surface area (Å²) in [5.74, 6) is 0.0970. The fraction of sp³-hybridized carbons (Fsp3) is 0.476. The smallest absolute Gasteiger partial charge is 0.246 e. The average Bonchev–Trinajstić information content (AvgIpc) is 3.32. The lowest BCUT2D eigenvalue weighted by Crippen LogP contribution is -2.33. The van der Waals surface area contributed by atoms with Gasteiger partial charge >= 0.3 is 0 Å². The zero-order chi connectivity index (χ0) is 21.1. The molecule has 1 N–H and O–H groups in total. The van der Waals surface area contributed by atoms with Crippen LogP contribution in [0.3, 0.4) is 0 Å². The number of benzene rings is 1. The van der Waals surface area contributed by atoms with Crippen LogP contribution in [0.5, 0.6) is 0 Å². The van der Waals surface area contributed by atoms with Crippen molar-refractivity contribution < 1.29 is 18.9 Å². The van der Waals surface area contributed by atoms with Crippen LogP contribution in [0.2, 0.25) is 5.02 Å². The van der Waals surface area contributed by atoms with E-state index in [9.17, 15) is 14.4 Å². The Morgan fingerprint density at radius 2 is 1.80 bits per heavy atom. The molecule has 1 aromatic carbocycles. The Morgan fingerprint density at radius 3 is 2.47 bits per heavy atom. The standard InChI is InChI=1S/C21H23ClN4O4/c22-14-9-7-13(8-10-14)19-24-18(30-25-19)12-23-17(27)6-3-11-26-20(28)15-4-1-2-5-16(15)21(26)29/h7-10,15-16H,1-6,11-12H2,(H,23,27)/t15-,16-/m0/s1. The Morgan fingerprint density at radius 1 is 1.13 bits per heavy atom. The minimum Gasteiger partial charge on any atom is -0.347 e. The minimum absolute atomic E-state index is 0.0642. The van der Waals surface area contributed by atoms with Gasteiger partial charge in [-0.05, 0) is 43.5 Å². The van der Waals surface area contributed by atoms with Gasteiger partial charge in [-0.3, -0.25) is 19.3 Å². The molecule has 2 aliphatic rings. The van der Waals surface area contributed by atoms with Crippen LogP contribution in [0.1, 0.15) is 44.4 Å². The van der Waals surface area contributed by atoms with Crippen molar-refractivity contribution in [3.8, 4) is 11.4 Å². The highest BCUT2D eigenvalue weighted by Crippen LogP contribution is 2.38. The molecule has 158 valence electrons. The SMILES string of the molecule is O=C(CCCN1C(=O)[C@H]2CCCC[C@@H]2C1=O)NCc1nc(-c2ccc(Cl)cc2)no1. The lowest BCUT2D eigenvalue weighted by molar-refractivity contribution is -0.140. The van der Waals surface area contributed by atoms with E-state index < -0.39 is 0 Å². The Kier molecular flexibility index (Phi) is 6.13. The van der Waals surface area contributed by atoms with Gasteiger partial charge in [0.05, 0.1) is 18.4 Å². The van der Waals surface area contributed by atoms with E-state index in [1.165, 1.54) is 4.90 Å². The van der Waals surface area contributed by atoms with Gasteiger partial charge in [0.2, 0.25) is 29.4 Å². The second-order valence-electron chi connectivity index (χ2n) is 7.72. The molecule has 2 atom stereocenters. The summed E-state index contributed by atoms with van der Waals surface area (Å²) in [6.07, 6.45) is 4.26. The normalized spacial score (nSPS) is 21.0. The largest absolute Gasteiger partial charge is 0.347 e. The summed E-state index contributed by atoms with van der Waals surface area (Å²) < 4.78 is 5.16. The first-order chi connectivity index (χ1) is 14.5.